The van der Waals surface area contributed by atoms with Crippen LogP contribution in [0.25, 0.3) is 0 Å². The summed E-state index contributed by atoms with van der Waals surface area (Å²) in [4.78, 5) is 0. The first-order valence-electron chi connectivity index (χ1n) is 6.95. The zero-order valence-electron chi connectivity index (χ0n) is 12.9. The number of aryl methyl sites for hydroxylation is 1. The molecule has 0 aliphatic carbocycles. The van der Waals surface area contributed by atoms with Crippen molar-refractivity contribution in [1.29, 1.82) is 0 Å². The van der Waals surface area contributed by atoms with Gasteiger partial charge in [0.15, 0.2) is 0 Å². The molecule has 1 heterocycles. The Balaban J connectivity index is 2.04. The van der Waals surface area contributed by atoms with Crippen molar-refractivity contribution in [3.8, 4) is 0 Å². The lowest BCUT2D eigenvalue weighted by Gasteiger charge is -2.17. The summed E-state index contributed by atoms with van der Waals surface area (Å²) in [5.74, 6) is -1.08. The summed E-state index contributed by atoms with van der Waals surface area (Å²) in [5.41, 5.74) is 2.53. The molecule has 0 aliphatic rings. The van der Waals surface area contributed by atoms with E-state index in [0.29, 0.717) is 18.7 Å². The predicted molar refractivity (Wildman–Crippen MR) is 78.8 cm³/mol. The largest absolute Gasteiger partial charge is 0.308 e. The highest BCUT2D eigenvalue weighted by molar-refractivity contribution is 5.24. The third-order valence-electron chi connectivity index (χ3n) is 3.26. The molecule has 0 spiro atoms. The molecule has 5 heteroatoms. The minimum atomic E-state index is -0.557. The molecule has 0 atom stereocenters. The topological polar surface area (TPSA) is 29.9 Å². The van der Waals surface area contributed by atoms with Crippen molar-refractivity contribution in [3.05, 3.63) is 52.9 Å². The van der Waals surface area contributed by atoms with Crippen LogP contribution in [-0.2, 0) is 25.6 Å². The van der Waals surface area contributed by atoms with Gasteiger partial charge in [0.05, 0.1) is 5.69 Å². The normalized spacial score (nSPS) is 11.9. The first-order valence-corrected chi connectivity index (χ1v) is 6.95. The van der Waals surface area contributed by atoms with Gasteiger partial charge in [0.1, 0.15) is 11.6 Å². The van der Waals surface area contributed by atoms with Gasteiger partial charge in [-0.2, -0.15) is 5.10 Å². The molecule has 2 aromatic rings. The standard InChI is InChI=1S/C16H21F2N3/c1-16(2,3)15-12(10-21(4)20-15)9-19-8-11-5-6-13(17)7-14(11)18/h5-7,10,19H,8-9H2,1-4H3. The number of rotatable bonds is 4. The number of benzene rings is 1. The number of hydrogen-bond acceptors (Lipinski definition) is 2. The summed E-state index contributed by atoms with van der Waals surface area (Å²) in [5, 5.41) is 7.68. The maximum absolute atomic E-state index is 13.6. The van der Waals surface area contributed by atoms with Crippen LogP contribution in [0.4, 0.5) is 8.78 Å². The van der Waals surface area contributed by atoms with Gasteiger partial charge < -0.3 is 5.32 Å². The lowest BCUT2D eigenvalue weighted by atomic mass is 9.89. The summed E-state index contributed by atoms with van der Waals surface area (Å²) < 4.78 is 28.2. The quantitative estimate of drug-likeness (QED) is 0.937. The van der Waals surface area contributed by atoms with Crippen LogP contribution in [0.1, 0.15) is 37.6 Å². The Morgan fingerprint density at radius 3 is 2.43 bits per heavy atom. The van der Waals surface area contributed by atoms with Gasteiger partial charge in [0.25, 0.3) is 0 Å². The summed E-state index contributed by atoms with van der Waals surface area (Å²) in [7, 11) is 1.89. The minimum Gasteiger partial charge on any atom is -0.308 e. The molecule has 0 saturated heterocycles. The predicted octanol–water partition coefficient (Wildman–Crippen LogP) is 3.29. The number of nitrogens with one attached hydrogen (secondary N) is 1. The van der Waals surface area contributed by atoms with Crippen molar-refractivity contribution in [3.63, 3.8) is 0 Å². The third-order valence-corrected chi connectivity index (χ3v) is 3.26. The first kappa shape index (κ1) is 15.6. The van der Waals surface area contributed by atoms with Crippen molar-refractivity contribution >= 4 is 0 Å². The molecule has 114 valence electrons. The zero-order chi connectivity index (χ0) is 15.6. The second-order valence-corrected chi connectivity index (χ2v) is 6.27. The fourth-order valence-electron chi connectivity index (χ4n) is 2.30. The molecule has 0 bridgehead atoms. The molecule has 1 N–H and O–H groups in total. The SMILES string of the molecule is Cn1cc(CNCc2ccc(F)cc2F)c(C(C)(C)C)n1. The van der Waals surface area contributed by atoms with E-state index in [0.717, 1.165) is 17.3 Å². The second-order valence-electron chi connectivity index (χ2n) is 6.27. The molecule has 0 fully saturated rings. The van der Waals surface area contributed by atoms with Gasteiger partial charge >= 0.3 is 0 Å². The maximum atomic E-state index is 13.6. The molecule has 0 aliphatic heterocycles. The van der Waals surface area contributed by atoms with E-state index in [2.05, 4.69) is 31.2 Å². The highest BCUT2D eigenvalue weighted by atomic mass is 19.1. The van der Waals surface area contributed by atoms with E-state index < -0.39 is 11.6 Å². The zero-order valence-corrected chi connectivity index (χ0v) is 12.9. The summed E-state index contributed by atoms with van der Waals surface area (Å²) in [6.07, 6.45) is 1.97. The Labute approximate surface area is 124 Å². The Kier molecular flexibility index (Phi) is 4.42. The molecule has 0 amide bonds. The molecular weight excluding hydrogens is 272 g/mol. The van der Waals surface area contributed by atoms with Crippen molar-refractivity contribution in [2.75, 3.05) is 0 Å². The number of aromatic nitrogens is 2. The summed E-state index contributed by atoms with van der Waals surface area (Å²) >= 11 is 0. The van der Waals surface area contributed by atoms with Crippen molar-refractivity contribution in [1.82, 2.24) is 15.1 Å². The fourth-order valence-corrected chi connectivity index (χ4v) is 2.30. The van der Waals surface area contributed by atoms with Crippen molar-refractivity contribution < 1.29 is 8.78 Å². The van der Waals surface area contributed by atoms with Crippen molar-refractivity contribution in [2.45, 2.75) is 39.3 Å². The highest BCUT2D eigenvalue weighted by Crippen LogP contribution is 2.24. The van der Waals surface area contributed by atoms with Crippen LogP contribution >= 0.6 is 0 Å². The van der Waals surface area contributed by atoms with Gasteiger partial charge in [0, 0.05) is 48.9 Å². The highest BCUT2D eigenvalue weighted by Gasteiger charge is 2.21. The first-order chi connectivity index (χ1) is 9.77. The van der Waals surface area contributed by atoms with Crippen LogP contribution in [-0.4, -0.2) is 9.78 Å². The Hall–Kier alpha value is -1.75. The van der Waals surface area contributed by atoms with Crippen LogP contribution in [0.5, 0.6) is 0 Å². The Morgan fingerprint density at radius 1 is 1.14 bits per heavy atom. The van der Waals surface area contributed by atoms with E-state index >= 15 is 0 Å². The van der Waals surface area contributed by atoms with E-state index in [1.807, 2.05) is 13.2 Å². The minimum absolute atomic E-state index is 0.0423. The molecule has 21 heavy (non-hydrogen) atoms. The van der Waals surface area contributed by atoms with Gasteiger partial charge in [-0.05, 0) is 6.07 Å². The van der Waals surface area contributed by atoms with E-state index in [4.69, 9.17) is 0 Å². The van der Waals surface area contributed by atoms with Crippen LogP contribution in [0.2, 0.25) is 0 Å². The van der Waals surface area contributed by atoms with Crippen LogP contribution in [0.15, 0.2) is 24.4 Å². The molecule has 1 aromatic carbocycles. The Bertz CT molecular complexity index is 627. The smallest absolute Gasteiger partial charge is 0.130 e. The fraction of sp³-hybridized carbons (Fsp3) is 0.438. The van der Waals surface area contributed by atoms with Gasteiger partial charge in [-0.1, -0.05) is 26.8 Å². The van der Waals surface area contributed by atoms with Crippen LogP contribution in [0.3, 0.4) is 0 Å². The van der Waals surface area contributed by atoms with E-state index in [9.17, 15) is 8.78 Å². The number of hydrogen-bond donors (Lipinski definition) is 1. The van der Waals surface area contributed by atoms with Gasteiger partial charge in [-0.25, -0.2) is 8.78 Å². The molecule has 2 rings (SSSR count). The summed E-state index contributed by atoms with van der Waals surface area (Å²) in [6.45, 7) is 7.28. The molecule has 3 nitrogen and oxygen atoms in total. The van der Waals surface area contributed by atoms with E-state index in [1.165, 1.54) is 12.1 Å². The Morgan fingerprint density at radius 2 is 1.81 bits per heavy atom. The molecule has 1 aromatic heterocycles. The summed E-state index contributed by atoms with van der Waals surface area (Å²) in [6, 6.07) is 3.64. The molecular formula is C16H21F2N3. The van der Waals surface area contributed by atoms with Gasteiger partial charge in [0.2, 0.25) is 0 Å². The molecule has 0 saturated carbocycles. The van der Waals surface area contributed by atoms with Gasteiger partial charge in [-0.3, -0.25) is 4.68 Å². The lowest BCUT2D eigenvalue weighted by molar-refractivity contribution is 0.539. The monoisotopic (exact) mass is 293 g/mol. The average Bonchev–Trinajstić information content (AvgIpc) is 2.73. The lowest BCUT2D eigenvalue weighted by Crippen LogP contribution is -2.19. The third kappa shape index (κ3) is 3.88. The maximum Gasteiger partial charge on any atom is 0.130 e. The number of halogens is 2. The molecule has 0 radical (unpaired) electrons. The van der Waals surface area contributed by atoms with Gasteiger partial charge in [-0.15, -0.1) is 0 Å². The number of nitrogens with zero attached hydrogens (tertiary/aromatic N) is 2. The van der Waals surface area contributed by atoms with Crippen LogP contribution in [0, 0.1) is 11.6 Å². The van der Waals surface area contributed by atoms with Crippen molar-refractivity contribution in [2.24, 2.45) is 7.05 Å². The van der Waals surface area contributed by atoms with E-state index in [-0.39, 0.29) is 5.41 Å². The average molecular weight is 293 g/mol. The molecule has 0 unspecified atom stereocenters. The van der Waals surface area contributed by atoms with E-state index in [1.54, 1.807) is 4.68 Å². The van der Waals surface area contributed by atoms with Crippen LogP contribution < -0.4 is 5.32 Å². The second kappa shape index (κ2) is 5.93.